The fraction of sp³-hybridized carbons (Fsp3) is 0.556. The molecule has 100 valence electrons. The maximum atomic E-state index is 10.9. The minimum atomic E-state index is -2.74. The molecule has 0 bridgehead atoms. The van der Waals surface area contributed by atoms with Gasteiger partial charge in [0.05, 0.1) is 6.04 Å². The van der Waals surface area contributed by atoms with Crippen molar-refractivity contribution < 1.29 is 19.4 Å². The predicted octanol–water partition coefficient (Wildman–Crippen LogP) is 0.156. The average molecular weight is 274 g/mol. The van der Waals surface area contributed by atoms with Crippen LogP contribution in [0.1, 0.15) is 23.5 Å². The molecule has 1 aromatic heterocycles. The second-order valence-electron chi connectivity index (χ2n) is 4.27. The molecule has 0 aromatic carbocycles. The van der Waals surface area contributed by atoms with Crippen molar-refractivity contribution in [2.24, 2.45) is 5.92 Å². The first-order valence-corrected chi connectivity index (χ1v) is 6.87. The first-order valence-electron chi connectivity index (χ1n) is 5.52. The van der Waals surface area contributed by atoms with Gasteiger partial charge in [-0.05, 0) is 5.92 Å². The van der Waals surface area contributed by atoms with Crippen LogP contribution in [-0.4, -0.2) is 38.6 Å². The van der Waals surface area contributed by atoms with E-state index in [1.54, 1.807) is 4.57 Å². The van der Waals surface area contributed by atoms with Gasteiger partial charge in [0.1, 0.15) is 0 Å². The lowest BCUT2D eigenvalue weighted by Gasteiger charge is -2.31. The van der Waals surface area contributed by atoms with Crippen LogP contribution in [-0.2, 0) is 4.57 Å². The molecule has 1 aliphatic rings. The number of hydrogen-bond acceptors (Lipinski definition) is 4. The Balaban J connectivity index is 2.25. The Morgan fingerprint density at radius 2 is 2.50 bits per heavy atom. The molecule has 0 amide bonds. The Bertz CT molecular complexity index is 489. The predicted molar refractivity (Wildman–Crippen MR) is 65.1 cm³/mol. The van der Waals surface area contributed by atoms with E-state index in [0.29, 0.717) is 19.0 Å². The quantitative estimate of drug-likeness (QED) is 0.577. The molecule has 0 spiro atoms. The third-order valence-electron chi connectivity index (χ3n) is 3.01. The number of aromatic carboxylic acids is 1. The van der Waals surface area contributed by atoms with E-state index in [1.165, 1.54) is 6.20 Å². The number of hydrogen-bond donors (Lipinski definition) is 4. The van der Waals surface area contributed by atoms with E-state index in [2.05, 4.69) is 15.4 Å². The highest BCUT2D eigenvalue weighted by Gasteiger charge is 2.28. The van der Waals surface area contributed by atoms with Crippen molar-refractivity contribution in [2.75, 3.05) is 18.4 Å². The van der Waals surface area contributed by atoms with Crippen LogP contribution in [0.15, 0.2) is 6.20 Å². The maximum absolute atomic E-state index is 10.9. The van der Waals surface area contributed by atoms with Gasteiger partial charge in [-0.2, -0.15) is 0 Å². The normalized spacial score (nSPS) is 24.1. The molecular weight excluding hydrogens is 259 g/mol. The van der Waals surface area contributed by atoms with Gasteiger partial charge in [-0.3, -0.25) is 4.57 Å². The van der Waals surface area contributed by atoms with Crippen molar-refractivity contribution in [1.82, 2.24) is 14.6 Å². The lowest BCUT2D eigenvalue weighted by atomic mass is 10.0. The zero-order chi connectivity index (χ0) is 13.3. The van der Waals surface area contributed by atoms with Crippen molar-refractivity contribution >= 4 is 20.1 Å². The molecule has 0 fully saturated rings. The number of anilines is 1. The van der Waals surface area contributed by atoms with Crippen molar-refractivity contribution in [3.63, 3.8) is 0 Å². The lowest BCUT2D eigenvalue weighted by Crippen LogP contribution is -2.35. The molecular formula is C9H15N4O4P. The zero-order valence-corrected chi connectivity index (χ0v) is 10.8. The van der Waals surface area contributed by atoms with E-state index in [1.807, 2.05) is 6.92 Å². The fourth-order valence-corrected chi connectivity index (χ4v) is 2.42. The first kappa shape index (κ1) is 13.1. The number of carboxylic acids is 1. The SMILES string of the molecule is CC1CNc2nc(C(=O)O)cn2C1CN[PH](=O)O. The Hall–Kier alpha value is -1.37. The van der Waals surface area contributed by atoms with E-state index < -0.39 is 14.1 Å². The topological polar surface area (TPSA) is 116 Å². The second kappa shape index (κ2) is 5.09. The summed E-state index contributed by atoms with van der Waals surface area (Å²) in [5.41, 5.74) is -0.0340. The van der Waals surface area contributed by atoms with Gasteiger partial charge in [-0.25, -0.2) is 14.9 Å². The first-order chi connectivity index (χ1) is 8.49. The molecule has 8 nitrogen and oxygen atoms in total. The summed E-state index contributed by atoms with van der Waals surface area (Å²) in [4.78, 5) is 23.6. The monoisotopic (exact) mass is 274 g/mol. The molecule has 2 heterocycles. The summed E-state index contributed by atoms with van der Waals surface area (Å²) in [7, 11) is -2.74. The second-order valence-corrected chi connectivity index (χ2v) is 5.24. The number of nitrogens with one attached hydrogen (secondary N) is 2. The summed E-state index contributed by atoms with van der Waals surface area (Å²) >= 11 is 0. The van der Waals surface area contributed by atoms with Gasteiger partial charge in [0.15, 0.2) is 5.69 Å². The minimum Gasteiger partial charge on any atom is -0.476 e. The Labute approximate surface area is 104 Å². The molecule has 3 atom stereocenters. The summed E-state index contributed by atoms with van der Waals surface area (Å²) in [6, 6.07) is -0.0945. The molecule has 0 saturated heterocycles. The third kappa shape index (κ3) is 2.55. The molecule has 18 heavy (non-hydrogen) atoms. The number of carboxylic acid groups (broad SMARTS) is 1. The maximum Gasteiger partial charge on any atom is 0.356 e. The van der Waals surface area contributed by atoms with Crippen LogP contribution in [0, 0.1) is 5.92 Å². The Kier molecular flexibility index (Phi) is 3.70. The van der Waals surface area contributed by atoms with Gasteiger partial charge in [0, 0.05) is 19.3 Å². The van der Waals surface area contributed by atoms with Crippen LogP contribution in [0.2, 0.25) is 0 Å². The van der Waals surface area contributed by atoms with Crippen molar-refractivity contribution in [1.29, 1.82) is 0 Å². The molecule has 3 unspecified atom stereocenters. The van der Waals surface area contributed by atoms with Crippen LogP contribution in [0.5, 0.6) is 0 Å². The molecule has 0 aliphatic carbocycles. The zero-order valence-electron chi connectivity index (χ0n) is 9.75. The van der Waals surface area contributed by atoms with E-state index in [-0.39, 0.29) is 17.7 Å². The summed E-state index contributed by atoms with van der Waals surface area (Å²) in [5.74, 6) is -0.411. The van der Waals surface area contributed by atoms with Crippen LogP contribution >= 0.6 is 8.18 Å². The molecule has 1 aliphatic heterocycles. The van der Waals surface area contributed by atoms with Gasteiger partial charge in [-0.15, -0.1) is 0 Å². The highest BCUT2D eigenvalue weighted by Crippen LogP contribution is 2.28. The molecule has 0 radical (unpaired) electrons. The molecule has 0 saturated carbocycles. The summed E-state index contributed by atoms with van der Waals surface area (Å²) in [6.45, 7) is 2.94. The highest BCUT2D eigenvalue weighted by molar-refractivity contribution is 7.35. The van der Waals surface area contributed by atoms with Crippen LogP contribution in [0.25, 0.3) is 0 Å². The van der Waals surface area contributed by atoms with Crippen molar-refractivity contribution in [3.8, 4) is 0 Å². The van der Waals surface area contributed by atoms with Crippen LogP contribution < -0.4 is 10.4 Å². The highest BCUT2D eigenvalue weighted by atomic mass is 31.1. The number of aromatic nitrogens is 2. The molecule has 4 N–H and O–H groups in total. The summed E-state index contributed by atoms with van der Waals surface area (Å²) < 4.78 is 12.4. The molecule has 2 rings (SSSR count). The number of rotatable bonds is 4. The van der Waals surface area contributed by atoms with E-state index in [9.17, 15) is 9.36 Å². The van der Waals surface area contributed by atoms with Crippen molar-refractivity contribution in [3.05, 3.63) is 11.9 Å². The van der Waals surface area contributed by atoms with Crippen LogP contribution in [0.4, 0.5) is 5.95 Å². The van der Waals surface area contributed by atoms with Gasteiger partial charge in [0.2, 0.25) is 5.95 Å². The van der Waals surface area contributed by atoms with Crippen molar-refractivity contribution in [2.45, 2.75) is 13.0 Å². The van der Waals surface area contributed by atoms with E-state index >= 15 is 0 Å². The molecule has 9 heteroatoms. The van der Waals surface area contributed by atoms with Gasteiger partial charge < -0.3 is 19.9 Å². The van der Waals surface area contributed by atoms with E-state index in [4.69, 9.17) is 10.00 Å². The standard InChI is InChI=1S/C9H15N4O4P/c1-5-2-10-9-12-6(8(14)15)4-13(9)7(5)3-11-18(16)17/h4-5,7,18H,2-3H2,1H3,(H,10,12)(H,14,15)(H2,11,16,17). The summed E-state index contributed by atoms with van der Waals surface area (Å²) in [6.07, 6.45) is 1.45. The van der Waals surface area contributed by atoms with Gasteiger partial charge >= 0.3 is 5.97 Å². The fourth-order valence-electron chi connectivity index (χ4n) is 2.03. The average Bonchev–Trinajstić information content (AvgIpc) is 2.71. The van der Waals surface area contributed by atoms with Crippen LogP contribution in [0.3, 0.4) is 0 Å². The Morgan fingerprint density at radius 3 is 3.11 bits per heavy atom. The number of nitrogens with zero attached hydrogens (tertiary/aromatic N) is 2. The lowest BCUT2D eigenvalue weighted by molar-refractivity contribution is 0.0691. The van der Waals surface area contributed by atoms with Gasteiger partial charge in [-0.1, -0.05) is 6.92 Å². The summed E-state index contributed by atoms with van der Waals surface area (Å²) in [5, 5.41) is 14.4. The van der Waals surface area contributed by atoms with Gasteiger partial charge in [0.25, 0.3) is 8.18 Å². The smallest absolute Gasteiger partial charge is 0.356 e. The van der Waals surface area contributed by atoms with E-state index in [0.717, 1.165) is 0 Å². The largest absolute Gasteiger partial charge is 0.476 e. The number of imidazole rings is 1. The molecule has 1 aromatic rings. The minimum absolute atomic E-state index is 0.0340. The number of fused-ring (bicyclic) bond motifs is 1. The Morgan fingerprint density at radius 1 is 1.78 bits per heavy atom. The third-order valence-corrected chi connectivity index (χ3v) is 3.52. The number of carbonyl (C=O) groups is 1.